The van der Waals surface area contributed by atoms with Gasteiger partial charge in [-0.05, 0) is 65.4 Å². The first-order valence-electron chi connectivity index (χ1n) is 5.50. The predicted molar refractivity (Wildman–Crippen MR) is 88.3 cm³/mol. The van der Waals surface area contributed by atoms with Gasteiger partial charge in [0.1, 0.15) is 0 Å². The molecule has 0 radical (unpaired) electrons. The van der Waals surface area contributed by atoms with Crippen molar-refractivity contribution < 1.29 is 4.79 Å². The third kappa shape index (κ3) is 3.61. The Kier molecular flexibility index (Phi) is 4.71. The van der Waals surface area contributed by atoms with Crippen molar-refractivity contribution in [1.82, 2.24) is 0 Å². The minimum absolute atomic E-state index is 0.192. The molecule has 0 aliphatic rings. The number of nitrogens with one attached hydrogen (secondary N) is 1. The third-order valence-electron chi connectivity index (χ3n) is 2.61. The van der Waals surface area contributed by atoms with Crippen LogP contribution in [-0.2, 0) is 0 Å². The highest BCUT2D eigenvalue weighted by molar-refractivity contribution is 14.1. The molecule has 0 saturated carbocycles. The van der Waals surface area contributed by atoms with E-state index in [1.165, 1.54) is 0 Å². The fourth-order valence-corrected chi connectivity index (χ4v) is 2.49. The van der Waals surface area contributed by atoms with Gasteiger partial charge in [0, 0.05) is 14.2 Å². The van der Waals surface area contributed by atoms with Crippen molar-refractivity contribution in [3.05, 3.63) is 61.1 Å². The number of benzene rings is 2. The van der Waals surface area contributed by atoms with Gasteiger partial charge in [-0.15, -0.1) is 0 Å². The summed E-state index contributed by atoms with van der Waals surface area (Å²) in [4.78, 5) is 12.1. The molecule has 2 rings (SSSR count). The number of anilines is 1. The molecule has 2 nitrogen and oxygen atoms in total. The summed E-state index contributed by atoms with van der Waals surface area (Å²) in [5.74, 6) is -0.192. The number of carbonyl (C=O) groups is 1. The van der Waals surface area contributed by atoms with Gasteiger partial charge in [0.05, 0.1) is 10.7 Å². The first kappa shape index (κ1) is 14.6. The molecule has 0 unspecified atom stereocenters. The summed E-state index contributed by atoms with van der Waals surface area (Å²) in [6.07, 6.45) is 0. The van der Waals surface area contributed by atoms with E-state index in [1.54, 1.807) is 24.3 Å². The molecule has 0 spiro atoms. The molecule has 5 heteroatoms. The molecular formula is C14H10Cl2INO. The highest BCUT2D eigenvalue weighted by Crippen LogP contribution is 2.26. The Morgan fingerprint density at radius 1 is 1.16 bits per heavy atom. The standard InChI is InChI=1S/C14H10Cl2INO/c1-8-2-3-9(6-12(8)17)14(19)18-13-5-4-10(15)7-11(13)16/h2-7H,1H3,(H,18,19). The number of aryl methyl sites for hydroxylation is 1. The molecule has 0 fully saturated rings. The van der Waals surface area contributed by atoms with Gasteiger partial charge in [0.15, 0.2) is 0 Å². The lowest BCUT2D eigenvalue weighted by atomic mass is 10.1. The summed E-state index contributed by atoms with van der Waals surface area (Å²) in [6.45, 7) is 2.00. The minimum atomic E-state index is -0.192. The maximum absolute atomic E-state index is 12.1. The van der Waals surface area contributed by atoms with Gasteiger partial charge in [-0.3, -0.25) is 4.79 Å². The highest BCUT2D eigenvalue weighted by Gasteiger charge is 2.09. The SMILES string of the molecule is Cc1ccc(C(=O)Nc2ccc(Cl)cc2Cl)cc1I. The van der Waals surface area contributed by atoms with Crippen molar-refractivity contribution in [1.29, 1.82) is 0 Å². The van der Waals surface area contributed by atoms with Crippen molar-refractivity contribution in [3.8, 4) is 0 Å². The van der Waals surface area contributed by atoms with Crippen LogP contribution in [0.3, 0.4) is 0 Å². The second-order valence-corrected chi connectivity index (χ2v) is 6.05. The van der Waals surface area contributed by atoms with Crippen molar-refractivity contribution in [2.24, 2.45) is 0 Å². The van der Waals surface area contributed by atoms with E-state index in [9.17, 15) is 4.79 Å². The van der Waals surface area contributed by atoms with E-state index in [-0.39, 0.29) is 5.91 Å². The Labute approximate surface area is 135 Å². The van der Waals surface area contributed by atoms with Crippen LogP contribution in [0.1, 0.15) is 15.9 Å². The van der Waals surface area contributed by atoms with Crippen LogP contribution in [-0.4, -0.2) is 5.91 Å². The zero-order valence-electron chi connectivity index (χ0n) is 10.0. The Bertz CT molecular complexity index is 643. The zero-order chi connectivity index (χ0) is 14.0. The molecule has 0 heterocycles. The van der Waals surface area contributed by atoms with E-state index in [0.29, 0.717) is 21.3 Å². The van der Waals surface area contributed by atoms with Gasteiger partial charge in [-0.25, -0.2) is 0 Å². The lowest BCUT2D eigenvalue weighted by molar-refractivity contribution is 0.102. The van der Waals surface area contributed by atoms with Crippen LogP contribution in [0.5, 0.6) is 0 Å². The number of halogens is 3. The van der Waals surface area contributed by atoms with Gasteiger partial charge in [0.2, 0.25) is 0 Å². The molecule has 0 aliphatic carbocycles. The van der Waals surface area contributed by atoms with Crippen LogP contribution < -0.4 is 5.32 Å². The van der Waals surface area contributed by atoms with Crippen molar-refractivity contribution in [3.63, 3.8) is 0 Å². The van der Waals surface area contributed by atoms with E-state index in [1.807, 2.05) is 19.1 Å². The average molecular weight is 406 g/mol. The predicted octanol–water partition coefficient (Wildman–Crippen LogP) is 5.16. The van der Waals surface area contributed by atoms with Gasteiger partial charge in [-0.2, -0.15) is 0 Å². The van der Waals surface area contributed by atoms with E-state index in [2.05, 4.69) is 27.9 Å². The number of hydrogen-bond acceptors (Lipinski definition) is 1. The maximum Gasteiger partial charge on any atom is 0.255 e. The topological polar surface area (TPSA) is 29.1 Å². The Hall–Kier alpha value is -0.780. The summed E-state index contributed by atoms with van der Waals surface area (Å²) >= 11 is 14.0. The second kappa shape index (κ2) is 6.11. The van der Waals surface area contributed by atoms with E-state index < -0.39 is 0 Å². The second-order valence-electron chi connectivity index (χ2n) is 4.04. The lowest BCUT2D eigenvalue weighted by Gasteiger charge is -2.08. The fraction of sp³-hybridized carbons (Fsp3) is 0.0714. The molecule has 0 saturated heterocycles. The Morgan fingerprint density at radius 2 is 1.89 bits per heavy atom. The molecule has 0 aliphatic heterocycles. The van der Waals surface area contributed by atoms with Crippen LogP contribution in [0.2, 0.25) is 10.0 Å². The molecule has 0 bridgehead atoms. The summed E-state index contributed by atoms with van der Waals surface area (Å²) in [6, 6.07) is 10.5. The molecule has 19 heavy (non-hydrogen) atoms. The third-order valence-corrected chi connectivity index (χ3v) is 4.32. The Balaban J connectivity index is 2.23. The largest absolute Gasteiger partial charge is 0.321 e. The number of hydrogen-bond donors (Lipinski definition) is 1. The molecule has 2 aromatic rings. The van der Waals surface area contributed by atoms with E-state index in [0.717, 1.165) is 9.13 Å². The van der Waals surface area contributed by atoms with Crippen LogP contribution >= 0.6 is 45.8 Å². The van der Waals surface area contributed by atoms with Gasteiger partial charge >= 0.3 is 0 Å². The highest BCUT2D eigenvalue weighted by atomic mass is 127. The minimum Gasteiger partial charge on any atom is -0.321 e. The molecule has 0 aromatic heterocycles. The summed E-state index contributed by atoms with van der Waals surface area (Å²) < 4.78 is 1.05. The smallest absolute Gasteiger partial charge is 0.255 e. The normalized spacial score (nSPS) is 10.3. The summed E-state index contributed by atoms with van der Waals surface area (Å²) in [7, 11) is 0. The fourth-order valence-electron chi connectivity index (χ4n) is 1.52. The maximum atomic E-state index is 12.1. The molecule has 0 atom stereocenters. The average Bonchev–Trinajstić information content (AvgIpc) is 2.36. The first-order chi connectivity index (χ1) is 8.97. The van der Waals surface area contributed by atoms with Gasteiger partial charge in [0.25, 0.3) is 5.91 Å². The summed E-state index contributed by atoms with van der Waals surface area (Å²) in [5, 5.41) is 3.72. The van der Waals surface area contributed by atoms with E-state index >= 15 is 0 Å². The lowest BCUT2D eigenvalue weighted by Crippen LogP contribution is -2.12. The molecule has 1 N–H and O–H groups in total. The first-order valence-corrected chi connectivity index (χ1v) is 7.33. The van der Waals surface area contributed by atoms with Crippen LogP contribution in [0, 0.1) is 10.5 Å². The monoisotopic (exact) mass is 405 g/mol. The molecule has 2 aromatic carbocycles. The van der Waals surface area contributed by atoms with Gasteiger partial charge in [-0.1, -0.05) is 29.3 Å². The van der Waals surface area contributed by atoms with Crippen LogP contribution in [0.15, 0.2) is 36.4 Å². The Morgan fingerprint density at radius 3 is 2.53 bits per heavy atom. The number of rotatable bonds is 2. The molecular weight excluding hydrogens is 396 g/mol. The molecule has 1 amide bonds. The van der Waals surface area contributed by atoms with E-state index in [4.69, 9.17) is 23.2 Å². The zero-order valence-corrected chi connectivity index (χ0v) is 13.7. The number of carbonyl (C=O) groups excluding carboxylic acids is 1. The number of amides is 1. The quantitative estimate of drug-likeness (QED) is 0.687. The van der Waals surface area contributed by atoms with Crippen LogP contribution in [0.25, 0.3) is 0 Å². The molecule has 98 valence electrons. The summed E-state index contributed by atoms with van der Waals surface area (Å²) in [5.41, 5.74) is 2.29. The van der Waals surface area contributed by atoms with Crippen molar-refractivity contribution in [2.45, 2.75) is 6.92 Å². The van der Waals surface area contributed by atoms with Crippen LogP contribution in [0.4, 0.5) is 5.69 Å². The van der Waals surface area contributed by atoms with Crippen molar-refractivity contribution in [2.75, 3.05) is 5.32 Å². The van der Waals surface area contributed by atoms with Crippen molar-refractivity contribution >= 4 is 57.4 Å². The van der Waals surface area contributed by atoms with Gasteiger partial charge < -0.3 is 5.32 Å².